The van der Waals surface area contributed by atoms with E-state index in [1.807, 2.05) is 13.0 Å². The Kier molecular flexibility index (Phi) is 8.62. The predicted octanol–water partition coefficient (Wildman–Crippen LogP) is 3.17. The molecule has 198 valence electrons. The number of nitrogens with zero attached hydrogens (tertiary/aromatic N) is 5. The molecule has 0 spiro atoms. The van der Waals surface area contributed by atoms with Crippen LogP contribution in [0.2, 0.25) is 0 Å². The van der Waals surface area contributed by atoms with E-state index in [1.54, 1.807) is 28.9 Å². The molecule has 3 heterocycles. The summed E-state index contributed by atoms with van der Waals surface area (Å²) in [4.78, 5) is 21.5. The van der Waals surface area contributed by atoms with Gasteiger partial charge in [0.05, 0.1) is 25.1 Å². The van der Waals surface area contributed by atoms with E-state index < -0.39 is 6.43 Å². The number of imidazole rings is 1. The molecule has 0 aliphatic heterocycles. The molecule has 4 aromatic rings. The van der Waals surface area contributed by atoms with E-state index in [0.717, 1.165) is 5.56 Å². The largest absolute Gasteiger partial charge is 0.378 e. The summed E-state index contributed by atoms with van der Waals surface area (Å²) in [6, 6.07) is 5.38. The van der Waals surface area contributed by atoms with Gasteiger partial charge in [0.25, 0.3) is 12.3 Å². The van der Waals surface area contributed by atoms with Crippen LogP contribution in [0.15, 0.2) is 43.0 Å². The lowest BCUT2D eigenvalue weighted by molar-refractivity contribution is 0.0919. The van der Waals surface area contributed by atoms with Gasteiger partial charge in [-0.25, -0.2) is 18.7 Å². The number of nitrogens with one attached hydrogen (secondary N) is 2. The molecule has 0 atom stereocenters. The number of carbonyl (C=O) groups excluding carboxylic acids is 1. The van der Waals surface area contributed by atoms with Crippen LogP contribution < -0.4 is 16.4 Å². The monoisotopic (exact) mass is 522 g/mol. The number of aromatic nitrogens is 5. The van der Waals surface area contributed by atoms with Crippen molar-refractivity contribution in [2.75, 3.05) is 31.6 Å². The molecule has 0 aliphatic carbocycles. The molecule has 0 aliphatic rings. The predicted molar refractivity (Wildman–Crippen MR) is 139 cm³/mol. The van der Waals surface area contributed by atoms with Crippen molar-refractivity contribution in [3.8, 4) is 23.6 Å². The van der Waals surface area contributed by atoms with Gasteiger partial charge in [-0.1, -0.05) is 12.8 Å². The average Bonchev–Trinajstić information content (AvgIpc) is 3.53. The van der Waals surface area contributed by atoms with Gasteiger partial charge in [-0.15, -0.1) is 6.42 Å². The lowest BCUT2D eigenvalue weighted by Crippen LogP contribution is -2.28. The number of terminal acetylenes is 1. The summed E-state index contributed by atoms with van der Waals surface area (Å²) in [5.74, 6) is 2.63. The number of rotatable bonds is 12. The number of nitrogens with two attached hydrogens (primary N) is 1. The van der Waals surface area contributed by atoms with Crippen molar-refractivity contribution in [3.05, 3.63) is 59.8 Å². The molecule has 38 heavy (non-hydrogen) atoms. The van der Waals surface area contributed by atoms with Crippen LogP contribution >= 0.6 is 0 Å². The van der Waals surface area contributed by atoms with Crippen molar-refractivity contribution in [1.82, 2.24) is 29.5 Å². The molecule has 4 N–H and O–H groups in total. The Morgan fingerprint density at radius 2 is 2.13 bits per heavy atom. The van der Waals surface area contributed by atoms with E-state index >= 15 is 0 Å². The molecule has 0 saturated heterocycles. The Morgan fingerprint density at radius 1 is 1.29 bits per heavy atom. The van der Waals surface area contributed by atoms with Crippen LogP contribution in [0, 0.1) is 12.3 Å². The summed E-state index contributed by atoms with van der Waals surface area (Å²) in [5, 5.41) is 10.0. The molecule has 1 amide bonds. The molecule has 1 aromatic carbocycles. The maximum atomic E-state index is 13.7. The van der Waals surface area contributed by atoms with Crippen molar-refractivity contribution in [1.29, 1.82) is 0 Å². The maximum Gasteiger partial charge on any atom is 0.282 e. The van der Waals surface area contributed by atoms with E-state index in [4.69, 9.17) is 16.9 Å². The molecule has 4 rings (SSSR count). The van der Waals surface area contributed by atoms with Gasteiger partial charge in [-0.2, -0.15) is 5.10 Å². The minimum atomic E-state index is -2.78. The Balaban J connectivity index is 1.58. The molecular weight excluding hydrogens is 494 g/mol. The molecule has 12 heteroatoms. The summed E-state index contributed by atoms with van der Waals surface area (Å²) in [6.45, 7) is 3.67. The van der Waals surface area contributed by atoms with Crippen LogP contribution in [-0.4, -0.2) is 56.4 Å². The third-order valence-corrected chi connectivity index (χ3v) is 5.74. The molecule has 0 radical (unpaired) electrons. The van der Waals surface area contributed by atoms with Crippen molar-refractivity contribution >= 4 is 23.1 Å². The highest BCUT2D eigenvalue weighted by Crippen LogP contribution is 2.32. The summed E-state index contributed by atoms with van der Waals surface area (Å²) in [6.07, 6.45) is 9.33. The van der Waals surface area contributed by atoms with E-state index in [2.05, 4.69) is 31.6 Å². The van der Waals surface area contributed by atoms with Gasteiger partial charge in [-0.05, 0) is 30.2 Å². The number of carbonyl (C=O) groups is 1. The maximum absolute atomic E-state index is 13.7. The quantitative estimate of drug-likeness (QED) is 0.193. The van der Waals surface area contributed by atoms with E-state index in [-0.39, 0.29) is 23.7 Å². The first kappa shape index (κ1) is 26.7. The number of hydrogen-bond donors (Lipinski definition) is 3. The normalized spacial score (nSPS) is 11.2. The highest BCUT2D eigenvalue weighted by molar-refractivity contribution is 5.96. The number of alkyl halides is 2. The Labute approximate surface area is 218 Å². The van der Waals surface area contributed by atoms with Crippen LogP contribution in [-0.2, 0) is 17.7 Å². The number of halogens is 2. The van der Waals surface area contributed by atoms with Crippen molar-refractivity contribution in [2.24, 2.45) is 5.73 Å². The fourth-order valence-corrected chi connectivity index (χ4v) is 4.02. The zero-order valence-corrected chi connectivity index (χ0v) is 20.8. The van der Waals surface area contributed by atoms with Crippen LogP contribution in [0.25, 0.3) is 16.9 Å². The van der Waals surface area contributed by atoms with Crippen molar-refractivity contribution in [3.63, 3.8) is 0 Å². The zero-order chi connectivity index (χ0) is 27.1. The molecule has 10 nitrogen and oxygen atoms in total. The number of amides is 1. The molecule has 0 bridgehead atoms. The molecule has 3 aromatic heterocycles. The molecule has 0 fully saturated rings. The zero-order valence-electron chi connectivity index (χ0n) is 20.8. The second-order valence-corrected chi connectivity index (χ2v) is 8.25. The number of fused-ring (bicyclic) bond motifs is 1. The van der Waals surface area contributed by atoms with Crippen LogP contribution in [0.3, 0.4) is 0 Å². The van der Waals surface area contributed by atoms with Gasteiger partial charge >= 0.3 is 0 Å². The SMILES string of the molecule is C#CCn1cc(-c2cnc3c(Nc4ccc(C(=O)NCCOCCN)c(CC)c4)nccn23)c(C(F)F)n1. The van der Waals surface area contributed by atoms with E-state index in [1.165, 1.54) is 17.1 Å². The minimum Gasteiger partial charge on any atom is -0.378 e. The highest BCUT2D eigenvalue weighted by atomic mass is 19.3. The first-order valence-corrected chi connectivity index (χ1v) is 12.0. The minimum absolute atomic E-state index is 0.0701. The van der Waals surface area contributed by atoms with Crippen LogP contribution in [0.1, 0.15) is 35.0 Å². The standard InChI is InChI=1S/C26H28F2N8O2/c1-3-10-35-16-20(22(34-35)23(27)28)21-15-32-25-24(30-8-11-36(21)25)33-18-5-6-19(17(4-2)14-18)26(37)31-9-13-38-12-7-29/h1,5-6,8,11,14-16,23H,4,7,9-10,12-13,29H2,2H3,(H,30,33)(H,31,37). The molecular formula is C26H28F2N8O2. The first-order valence-electron chi connectivity index (χ1n) is 12.0. The third-order valence-electron chi connectivity index (χ3n) is 5.74. The van der Waals surface area contributed by atoms with Gasteiger partial charge in [0.2, 0.25) is 0 Å². The van der Waals surface area contributed by atoms with Crippen LogP contribution in [0.5, 0.6) is 0 Å². The lowest BCUT2D eigenvalue weighted by atomic mass is 10.0. The van der Waals surface area contributed by atoms with Crippen molar-refractivity contribution in [2.45, 2.75) is 26.3 Å². The number of ether oxygens (including phenoxy) is 1. The number of benzene rings is 1. The summed E-state index contributed by atoms with van der Waals surface area (Å²) in [5.41, 5.74) is 8.22. The van der Waals surface area contributed by atoms with Gasteiger partial charge < -0.3 is 21.1 Å². The molecule has 0 unspecified atom stereocenters. The Morgan fingerprint density at radius 3 is 2.87 bits per heavy atom. The first-order chi connectivity index (χ1) is 18.5. The van der Waals surface area contributed by atoms with Crippen LogP contribution in [0.4, 0.5) is 20.3 Å². The van der Waals surface area contributed by atoms with Gasteiger partial charge in [0, 0.05) is 48.5 Å². The third kappa shape index (κ3) is 5.80. The van der Waals surface area contributed by atoms with E-state index in [0.29, 0.717) is 61.1 Å². The Hall–Kier alpha value is -4.34. The summed E-state index contributed by atoms with van der Waals surface area (Å²) in [7, 11) is 0. The van der Waals surface area contributed by atoms with E-state index in [9.17, 15) is 13.6 Å². The van der Waals surface area contributed by atoms with Crippen molar-refractivity contribution < 1.29 is 18.3 Å². The number of aryl methyl sites for hydroxylation is 1. The number of anilines is 2. The second kappa shape index (κ2) is 12.3. The second-order valence-electron chi connectivity index (χ2n) is 8.25. The fraction of sp³-hybridized carbons (Fsp3) is 0.308. The molecule has 0 saturated carbocycles. The average molecular weight is 523 g/mol. The number of hydrogen-bond acceptors (Lipinski definition) is 7. The summed E-state index contributed by atoms with van der Waals surface area (Å²) < 4.78 is 35.6. The van der Waals surface area contributed by atoms with Gasteiger partial charge in [-0.3, -0.25) is 13.9 Å². The van der Waals surface area contributed by atoms with Gasteiger partial charge in [0.15, 0.2) is 11.5 Å². The fourth-order valence-electron chi connectivity index (χ4n) is 4.02. The lowest BCUT2D eigenvalue weighted by Gasteiger charge is -2.13. The Bertz CT molecular complexity index is 1460. The highest BCUT2D eigenvalue weighted by Gasteiger charge is 2.22. The smallest absolute Gasteiger partial charge is 0.282 e. The topological polar surface area (TPSA) is 124 Å². The van der Waals surface area contributed by atoms with Gasteiger partial charge in [0.1, 0.15) is 12.2 Å². The summed E-state index contributed by atoms with van der Waals surface area (Å²) >= 11 is 0.